The Hall–Kier alpha value is -1.46. The third kappa shape index (κ3) is 6.02. The van der Waals surface area contributed by atoms with Gasteiger partial charge < -0.3 is 14.2 Å². The van der Waals surface area contributed by atoms with E-state index < -0.39 is 11.6 Å². The molecule has 0 bridgehead atoms. The van der Waals surface area contributed by atoms with Gasteiger partial charge in [-0.15, -0.1) is 0 Å². The van der Waals surface area contributed by atoms with Crippen molar-refractivity contribution in [3.8, 4) is 5.75 Å². The van der Waals surface area contributed by atoms with Crippen LogP contribution >= 0.6 is 0 Å². The Morgan fingerprint density at radius 3 is 2.52 bits per heavy atom. The van der Waals surface area contributed by atoms with Gasteiger partial charge in [0, 0.05) is 5.92 Å². The van der Waals surface area contributed by atoms with E-state index in [-0.39, 0.29) is 18.0 Å². The molecule has 0 aromatic heterocycles. The summed E-state index contributed by atoms with van der Waals surface area (Å²) in [5.41, 5.74) is 0.368. The molecule has 1 saturated heterocycles. The van der Waals surface area contributed by atoms with Crippen molar-refractivity contribution >= 4 is 0 Å². The predicted molar refractivity (Wildman–Crippen MR) is 110 cm³/mol. The lowest BCUT2D eigenvalue weighted by Gasteiger charge is -2.32. The van der Waals surface area contributed by atoms with Crippen LogP contribution < -0.4 is 4.74 Å². The maximum absolute atomic E-state index is 14.5. The summed E-state index contributed by atoms with van der Waals surface area (Å²) >= 11 is 0. The number of allylic oxidation sites excluding steroid dienone is 2. The third-order valence-electron chi connectivity index (χ3n) is 6.09. The molecule has 2 unspecified atom stereocenters. The minimum absolute atomic E-state index is 0.0183. The van der Waals surface area contributed by atoms with Crippen molar-refractivity contribution in [2.45, 2.75) is 71.0 Å². The highest BCUT2D eigenvalue weighted by molar-refractivity contribution is 5.33. The van der Waals surface area contributed by atoms with Crippen molar-refractivity contribution in [2.75, 3.05) is 19.8 Å². The summed E-state index contributed by atoms with van der Waals surface area (Å²) in [6.07, 6.45) is 11.3. The van der Waals surface area contributed by atoms with Crippen LogP contribution in [0.3, 0.4) is 0 Å². The number of ether oxygens (including phenoxy) is 3. The Morgan fingerprint density at radius 2 is 1.86 bits per heavy atom. The summed E-state index contributed by atoms with van der Waals surface area (Å²) in [5, 5.41) is 0. The fraction of sp³-hybridized carbons (Fsp3) is 0.667. The van der Waals surface area contributed by atoms with Gasteiger partial charge in [0.05, 0.1) is 19.8 Å². The van der Waals surface area contributed by atoms with E-state index in [1.807, 2.05) is 6.92 Å². The van der Waals surface area contributed by atoms with E-state index >= 15 is 0 Å². The molecule has 29 heavy (non-hydrogen) atoms. The molecule has 2 fully saturated rings. The second kappa shape index (κ2) is 11.1. The van der Waals surface area contributed by atoms with Gasteiger partial charge in [-0.25, -0.2) is 4.39 Å². The smallest absolute Gasteiger partial charge is 0.200 e. The summed E-state index contributed by atoms with van der Waals surface area (Å²) in [6.45, 7) is 5.46. The van der Waals surface area contributed by atoms with Crippen molar-refractivity contribution in [1.29, 1.82) is 0 Å². The van der Waals surface area contributed by atoms with Gasteiger partial charge in [0.1, 0.15) is 0 Å². The van der Waals surface area contributed by atoms with Crippen LogP contribution in [0.2, 0.25) is 0 Å². The lowest BCUT2D eigenvalue weighted by Crippen LogP contribution is -2.30. The number of rotatable bonds is 8. The first-order valence-corrected chi connectivity index (χ1v) is 11.1. The fourth-order valence-corrected chi connectivity index (χ4v) is 4.35. The molecule has 3 rings (SSSR count). The van der Waals surface area contributed by atoms with Gasteiger partial charge >= 0.3 is 0 Å². The lowest BCUT2D eigenvalue weighted by molar-refractivity contribution is -0.175. The monoisotopic (exact) mass is 408 g/mol. The van der Waals surface area contributed by atoms with Gasteiger partial charge in [-0.2, -0.15) is 4.39 Å². The van der Waals surface area contributed by atoms with Gasteiger partial charge in [0.15, 0.2) is 17.9 Å². The summed E-state index contributed by atoms with van der Waals surface area (Å²) in [6, 6.07) is 3.15. The molecule has 2 atom stereocenters. The van der Waals surface area contributed by atoms with Crippen LogP contribution in [0.5, 0.6) is 5.75 Å². The number of halogens is 2. The molecule has 1 heterocycles. The summed E-state index contributed by atoms with van der Waals surface area (Å²) in [4.78, 5) is 0. The zero-order valence-corrected chi connectivity index (χ0v) is 17.7. The average Bonchev–Trinajstić information content (AvgIpc) is 2.75. The van der Waals surface area contributed by atoms with Gasteiger partial charge in [-0.1, -0.05) is 25.1 Å². The Kier molecular flexibility index (Phi) is 8.49. The second-order valence-corrected chi connectivity index (χ2v) is 8.31. The molecule has 1 aromatic carbocycles. The normalized spacial score (nSPS) is 28.0. The number of benzene rings is 1. The molecule has 1 saturated carbocycles. The molecule has 5 heteroatoms. The summed E-state index contributed by atoms with van der Waals surface area (Å²) in [7, 11) is 0. The van der Waals surface area contributed by atoms with Crippen LogP contribution in [0, 0.1) is 23.5 Å². The topological polar surface area (TPSA) is 27.7 Å². The Bertz CT molecular complexity index is 660. The van der Waals surface area contributed by atoms with Crippen LogP contribution in [0.25, 0.3) is 0 Å². The molecule has 0 amide bonds. The molecule has 2 aliphatic rings. The van der Waals surface area contributed by atoms with Gasteiger partial charge in [-0.3, -0.25) is 0 Å². The first-order valence-electron chi connectivity index (χ1n) is 11.1. The van der Waals surface area contributed by atoms with E-state index in [1.54, 1.807) is 6.07 Å². The molecule has 1 aromatic rings. The minimum Gasteiger partial charge on any atom is -0.490 e. The molecular weight excluding hydrogens is 374 g/mol. The van der Waals surface area contributed by atoms with Crippen molar-refractivity contribution in [2.24, 2.45) is 11.8 Å². The van der Waals surface area contributed by atoms with Crippen molar-refractivity contribution in [1.82, 2.24) is 0 Å². The van der Waals surface area contributed by atoms with E-state index in [4.69, 9.17) is 14.2 Å². The maximum Gasteiger partial charge on any atom is 0.200 e. The van der Waals surface area contributed by atoms with E-state index in [0.717, 1.165) is 25.4 Å². The highest BCUT2D eigenvalue weighted by Crippen LogP contribution is 2.35. The zero-order valence-electron chi connectivity index (χ0n) is 17.7. The highest BCUT2D eigenvalue weighted by atomic mass is 19.2. The minimum atomic E-state index is -0.900. The molecule has 0 spiro atoms. The predicted octanol–water partition coefficient (Wildman–Crippen LogP) is 6.37. The maximum atomic E-state index is 14.5. The first-order chi connectivity index (χ1) is 14.1. The summed E-state index contributed by atoms with van der Waals surface area (Å²) < 4.78 is 45.8. The zero-order chi connectivity index (χ0) is 20.6. The first kappa shape index (κ1) is 22.2. The van der Waals surface area contributed by atoms with E-state index in [0.29, 0.717) is 31.1 Å². The standard InChI is InChI=1S/C24H34F2O3/c1-3-5-17-6-8-18(9-7-17)15-28-22-13-10-19(16-29-22)20-11-12-21(27-14-4-2)24(26)23(20)25/h3,5,11-12,17-19,22H,4,6-10,13-16H2,1-2H3/b5-3+. The third-order valence-corrected chi connectivity index (χ3v) is 6.09. The molecule has 1 aliphatic carbocycles. The fourth-order valence-electron chi connectivity index (χ4n) is 4.35. The van der Waals surface area contributed by atoms with Gasteiger partial charge in [0.2, 0.25) is 5.82 Å². The van der Waals surface area contributed by atoms with Crippen molar-refractivity contribution in [3.05, 3.63) is 41.5 Å². The van der Waals surface area contributed by atoms with Gasteiger partial charge in [0.25, 0.3) is 0 Å². The number of hydrogen-bond acceptors (Lipinski definition) is 3. The van der Waals surface area contributed by atoms with Crippen LogP contribution in [0.4, 0.5) is 8.78 Å². The Balaban J connectivity index is 1.44. The van der Waals surface area contributed by atoms with Gasteiger partial charge in [-0.05, 0) is 75.3 Å². The van der Waals surface area contributed by atoms with Crippen molar-refractivity contribution < 1.29 is 23.0 Å². The van der Waals surface area contributed by atoms with Crippen LogP contribution in [0.1, 0.15) is 70.3 Å². The number of hydrogen-bond donors (Lipinski definition) is 0. The second-order valence-electron chi connectivity index (χ2n) is 8.31. The molecule has 1 aliphatic heterocycles. The van der Waals surface area contributed by atoms with E-state index in [1.165, 1.54) is 31.7 Å². The van der Waals surface area contributed by atoms with Crippen LogP contribution in [-0.2, 0) is 9.47 Å². The highest BCUT2D eigenvalue weighted by Gasteiger charge is 2.28. The van der Waals surface area contributed by atoms with E-state index in [9.17, 15) is 8.78 Å². The largest absolute Gasteiger partial charge is 0.490 e. The van der Waals surface area contributed by atoms with Crippen LogP contribution in [-0.4, -0.2) is 26.1 Å². The molecule has 0 N–H and O–H groups in total. The Labute approximate surface area is 173 Å². The van der Waals surface area contributed by atoms with Crippen molar-refractivity contribution in [3.63, 3.8) is 0 Å². The van der Waals surface area contributed by atoms with E-state index in [2.05, 4.69) is 19.1 Å². The molecule has 162 valence electrons. The molecule has 0 radical (unpaired) electrons. The lowest BCUT2D eigenvalue weighted by atomic mass is 9.82. The molecule has 3 nitrogen and oxygen atoms in total. The average molecular weight is 409 g/mol. The molecular formula is C24H34F2O3. The quantitative estimate of drug-likeness (QED) is 0.468. The Morgan fingerprint density at radius 1 is 1.07 bits per heavy atom. The summed E-state index contributed by atoms with van der Waals surface area (Å²) in [5.74, 6) is -0.569. The van der Waals surface area contributed by atoms with Crippen LogP contribution in [0.15, 0.2) is 24.3 Å². The SMILES string of the molecule is C/C=C/C1CCC(COC2CCC(c3ccc(OCCC)c(F)c3F)CO2)CC1.